The van der Waals surface area contributed by atoms with Gasteiger partial charge in [0.05, 0.1) is 12.4 Å². The molecule has 1 atom stereocenters. The number of hydrogen-bond acceptors (Lipinski definition) is 4. The average molecular weight is 253 g/mol. The second-order valence-corrected chi connectivity index (χ2v) is 4.60. The summed E-state index contributed by atoms with van der Waals surface area (Å²) >= 11 is 0. The molecule has 5 nitrogen and oxygen atoms in total. The minimum absolute atomic E-state index is 0.169. The summed E-state index contributed by atoms with van der Waals surface area (Å²) in [6, 6.07) is 8.64. The molecule has 2 aromatic heterocycles. The van der Waals surface area contributed by atoms with Crippen molar-refractivity contribution >= 4 is 17.0 Å². The molecule has 0 saturated carbocycles. The lowest BCUT2D eigenvalue weighted by Gasteiger charge is -2.15. The summed E-state index contributed by atoms with van der Waals surface area (Å²) in [5.41, 5.74) is 3.99. The van der Waals surface area contributed by atoms with E-state index in [9.17, 15) is 0 Å². The molecule has 0 unspecified atom stereocenters. The lowest BCUT2D eigenvalue weighted by atomic mass is 10.1. The highest BCUT2D eigenvalue weighted by Crippen LogP contribution is 2.21. The van der Waals surface area contributed by atoms with Gasteiger partial charge in [-0.3, -0.25) is 0 Å². The Kier molecular flexibility index (Phi) is 2.87. The van der Waals surface area contributed by atoms with Gasteiger partial charge in [-0.05, 0) is 19.4 Å². The zero-order valence-corrected chi connectivity index (χ0v) is 10.9. The minimum Gasteiger partial charge on any atom is -0.362 e. The molecule has 3 rings (SSSR count). The predicted molar refractivity (Wildman–Crippen MR) is 74.9 cm³/mol. The van der Waals surface area contributed by atoms with Crippen LogP contribution in [0.3, 0.4) is 0 Å². The zero-order chi connectivity index (χ0) is 13.2. The number of nitrogens with one attached hydrogen (secondary N) is 2. The van der Waals surface area contributed by atoms with Gasteiger partial charge in [0.1, 0.15) is 11.8 Å². The lowest BCUT2D eigenvalue weighted by molar-refractivity contribution is 0.874. The first-order valence-electron chi connectivity index (χ1n) is 6.21. The fourth-order valence-electron chi connectivity index (χ4n) is 2.02. The molecule has 0 saturated heterocycles. The van der Waals surface area contributed by atoms with Crippen LogP contribution in [-0.4, -0.2) is 19.9 Å². The highest BCUT2D eigenvalue weighted by atomic mass is 15.1. The number of aryl methyl sites for hydroxylation is 1. The zero-order valence-electron chi connectivity index (χ0n) is 10.9. The molecule has 3 aromatic rings. The monoisotopic (exact) mass is 253 g/mol. The fraction of sp³-hybridized carbons (Fsp3) is 0.214. The van der Waals surface area contributed by atoms with Gasteiger partial charge < -0.3 is 10.3 Å². The average Bonchev–Trinajstić information content (AvgIpc) is 2.89. The first kappa shape index (κ1) is 11.6. The first-order valence-corrected chi connectivity index (χ1v) is 6.21. The van der Waals surface area contributed by atoms with Gasteiger partial charge in [0.2, 0.25) is 0 Å². The van der Waals surface area contributed by atoms with E-state index in [1.807, 2.05) is 0 Å². The van der Waals surface area contributed by atoms with Crippen LogP contribution in [0.25, 0.3) is 11.2 Å². The molecule has 0 aliphatic heterocycles. The largest absolute Gasteiger partial charge is 0.362 e. The van der Waals surface area contributed by atoms with Gasteiger partial charge in [-0.15, -0.1) is 0 Å². The van der Waals surface area contributed by atoms with Crippen molar-refractivity contribution in [1.82, 2.24) is 19.9 Å². The van der Waals surface area contributed by atoms with E-state index < -0.39 is 0 Å². The Labute approximate surface area is 111 Å². The number of nitrogens with zero attached hydrogens (tertiary/aromatic N) is 3. The summed E-state index contributed by atoms with van der Waals surface area (Å²) in [5, 5.41) is 3.38. The number of aromatic amines is 1. The quantitative estimate of drug-likeness (QED) is 0.753. The Bertz CT molecular complexity index is 686. The summed E-state index contributed by atoms with van der Waals surface area (Å²) in [4.78, 5) is 15.5. The lowest BCUT2D eigenvalue weighted by Crippen LogP contribution is -2.08. The predicted octanol–water partition coefficient (Wildman–Crippen LogP) is 2.83. The molecule has 0 radical (unpaired) electrons. The summed E-state index contributed by atoms with van der Waals surface area (Å²) < 4.78 is 0. The van der Waals surface area contributed by atoms with Crippen LogP contribution in [0.5, 0.6) is 0 Å². The third-order valence-electron chi connectivity index (χ3n) is 3.15. The SMILES string of the molecule is Cc1ccc([C@H](C)Nc2ncnc3nc[nH]c23)cc1. The van der Waals surface area contributed by atoms with E-state index in [1.54, 1.807) is 6.33 Å². The summed E-state index contributed by atoms with van der Waals surface area (Å²) in [7, 11) is 0. The van der Waals surface area contributed by atoms with Gasteiger partial charge >= 0.3 is 0 Å². The summed E-state index contributed by atoms with van der Waals surface area (Å²) in [5.74, 6) is 0.774. The highest BCUT2D eigenvalue weighted by Gasteiger charge is 2.10. The van der Waals surface area contributed by atoms with Gasteiger partial charge in [-0.1, -0.05) is 29.8 Å². The number of hydrogen-bond donors (Lipinski definition) is 2. The molecule has 2 N–H and O–H groups in total. The summed E-state index contributed by atoms with van der Waals surface area (Å²) in [6.07, 6.45) is 3.15. The van der Waals surface area contributed by atoms with Crippen LogP contribution in [-0.2, 0) is 0 Å². The number of rotatable bonds is 3. The van der Waals surface area contributed by atoms with Crippen LogP contribution >= 0.6 is 0 Å². The number of benzene rings is 1. The van der Waals surface area contributed by atoms with Crippen LogP contribution in [0.4, 0.5) is 5.82 Å². The van der Waals surface area contributed by atoms with Crippen LogP contribution in [0.2, 0.25) is 0 Å². The molecule has 0 spiro atoms. The molecule has 0 aliphatic carbocycles. The number of aromatic nitrogens is 4. The van der Waals surface area contributed by atoms with E-state index in [0.717, 1.165) is 11.3 Å². The topological polar surface area (TPSA) is 66.5 Å². The van der Waals surface area contributed by atoms with E-state index in [-0.39, 0.29) is 6.04 Å². The third-order valence-corrected chi connectivity index (χ3v) is 3.15. The second-order valence-electron chi connectivity index (χ2n) is 4.60. The van der Waals surface area contributed by atoms with Crippen LogP contribution in [0.1, 0.15) is 24.1 Å². The molecule has 2 heterocycles. The summed E-state index contributed by atoms with van der Waals surface area (Å²) in [6.45, 7) is 4.19. The molecule has 5 heteroatoms. The van der Waals surface area contributed by atoms with Crippen LogP contribution < -0.4 is 5.32 Å². The van der Waals surface area contributed by atoms with Gasteiger partial charge in [-0.2, -0.15) is 0 Å². The number of anilines is 1. The molecule has 96 valence electrons. The molecule has 0 amide bonds. The Morgan fingerprint density at radius 1 is 1.11 bits per heavy atom. The van der Waals surface area contributed by atoms with Crippen molar-refractivity contribution in [1.29, 1.82) is 0 Å². The van der Waals surface area contributed by atoms with E-state index in [0.29, 0.717) is 5.65 Å². The normalized spacial score (nSPS) is 12.5. The van der Waals surface area contributed by atoms with E-state index >= 15 is 0 Å². The number of fused-ring (bicyclic) bond motifs is 1. The second kappa shape index (κ2) is 4.68. The molecule has 0 aliphatic rings. The standard InChI is InChI=1S/C14H15N5/c1-9-3-5-11(6-4-9)10(2)19-14-12-13(16-7-15-12)17-8-18-14/h3-8,10H,1-2H3,(H2,15,16,17,18,19)/t10-/m0/s1. The van der Waals surface area contributed by atoms with Crippen molar-refractivity contribution in [2.24, 2.45) is 0 Å². The minimum atomic E-state index is 0.169. The number of imidazole rings is 1. The van der Waals surface area contributed by atoms with Gasteiger partial charge in [0.15, 0.2) is 11.5 Å². The molecule has 1 aromatic carbocycles. The molecule has 0 fully saturated rings. The Morgan fingerprint density at radius 3 is 2.68 bits per heavy atom. The molecular formula is C14H15N5. The van der Waals surface area contributed by atoms with Gasteiger partial charge in [0, 0.05) is 0 Å². The first-order chi connectivity index (χ1) is 9.24. The highest BCUT2D eigenvalue weighted by molar-refractivity contribution is 5.82. The van der Waals surface area contributed by atoms with Crippen LogP contribution in [0.15, 0.2) is 36.9 Å². The Balaban J connectivity index is 1.88. The van der Waals surface area contributed by atoms with Gasteiger partial charge in [-0.25, -0.2) is 15.0 Å². The van der Waals surface area contributed by atoms with Crippen molar-refractivity contribution in [2.75, 3.05) is 5.32 Å². The van der Waals surface area contributed by atoms with Crippen molar-refractivity contribution in [3.63, 3.8) is 0 Å². The smallest absolute Gasteiger partial charge is 0.182 e. The third kappa shape index (κ3) is 2.27. The number of H-pyrrole nitrogens is 1. The maximum Gasteiger partial charge on any atom is 0.182 e. The molecule has 0 bridgehead atoms. The maximum atomic E-state index is 4.27. The van der Waals surface area contributed by atoms with Crippen molar-refractivity contribution < 1.29 is 0 Å². The Morgan fingerprint density at radius 2 is 1.89 bits per heavy atom. The maximum absolute atomic E-state index is 4.27. The Hall–Kier alpha value is -2.43. The molecular weight excluding hydrogens is 238 g/mol. The van der Waals surface area contributed by atoms with Crippen molar-refractivity contribution in [2.45, 2.75) is 19.9 Å². The van der Waals surface area contributed by atoms with E-state index in [1.165, 1.54) is 17.5 Å². The van der Waals surface area contributed by atoms with Crippen molar-refractivity contribution in [3.05, 3.63) is 48.0 Å². The van der Waals surface area contributed by atoms with Crippen molar-refractivity contribution in [3.8, 4) is 0 Å². The van der Waals surface area contributed by atoms with E-state index in [2.05, 4.69) is 63.4 Å². The van der Waals surface area contributed by atoms with E-state index in [4.69, 9.17) is 0 Å². The molecule has 19 heavy (non-hydrogen) atoms. The van der Waals surface area contributed by atoms with Crippen LogP contribution in [0, 0.1) is 6.92 Å². The van der Waals surface area contributed by atoms with Gasteiger partial charge in [0.25, 0.3) is 0 Å². The fourth-order valence-corrected chi connectivity index (χ4v) is 2.02.